The van der Waals surface area contributed by atoms with Gasteiger partial charge in [0.15, 0.2) is 6.61 Å². The van der Waals surface area contributed by atoms with Crippen LogP contribution in [-0.4, -0.2) is 25.8 Å². The molecule has 0 radical (unpaired) electrons. The molecular formula is C16H15FN2O3. The van der Waals surface area contributed by atoms with Crippen LogP contribution in [0, 0.1) is 5.82 Å². The Kier molecular flexibility index (Phi) is 5.48. The first-order valence-electron chi connectivity index (χ1n) is 6.52. The summed E-state index contributed by atoms with van der Waals surface area (Å²) in [5, 5.41) is 3.73. The van der Waals surface area contributed by atoms with E-state index in [4.69, 9.17) is 9.47 Å². The number of hydrogen-bond acceptors (Lipinski definition) is 4. The second kappa shape index (κ2) is 7.78. The number of carbonyl (C=O) groups is 1. The van der Waals surface area contributed by atoms with Crippen molar-refractivity contribution in [3.63, 3.8) is 0 Å². The van der Waals surface area contributed by atoms with Gasteiger partial charge in [-0.15, -0.1) is 0 Å². The van der Waals surface area contributed by atoms with Crippen LogP contribution in [0.2, 0.25) is 0 Å². The van der Waals surface area contributed by atoms with Gasteiger partial charge in [0.05, 0.1) is 13.3 Å². The predicted molar refractivity (Wildman–Crippen MR) is 80.6 cm³/mol. The summed E-state index contributed by atoms with van der Waals surface area (Å²) < 4.78 is 23.2. The summed E-state index contributed by atoms with van der Waals surface area (Å²) in [5.41, 5.74) is 2.85. The third-order valence-electron chi connectivity index (χ3n) is 2.68. The summed E-state index contributed by atoms with van der Waals surface area (Å²) >= 11 is 0. The maximum Gasteiger partial charge on any atom is 0.277 e. The Bertz CT molecular complexity index is 657. The van der Waals surface area contributed by atoms with E-state index < -0.39 is 5.91 Å². The number of amides is 1. The van der Waals surface area contributed by atoms with Crippen molar-refractivity contribution >= 4 is 12.1 Å². The van der Waals surface area contributed by atoms with Crippen molar-refractivity contribution in [3.8, 4) is 11.5 Å². The van der Waals surface area contributed by atoms with Gasteiger partial charge in [0.25, 0.3) is 5.91 Å². The molecule has 1 amide bonds. The maximum absolute atomic E-state index is 12.9. The number of rotatable bonds is 6. The Labute approximate surface area is 127 Å². The van der Waals surface area contributed by atoms with Crippen molar-refractivity contribution in [1.82, 2.24) is 5.43 Å². The number of hydrogen-bond donors (Lipinski definition) is 1. The Morgan fingerprint density at radius 1 is 1.23 bits per heavy atom. The van der Waals surface area contributed by atoms with Crippen molar-refractivity contribution in [2.45, 2.75) is 0 Å². The molecule has 6 heteroatoms. The van der Waals surface area contributed by atoms with Gasteiger partial charge in [0, 0.05) is 0 Å². The summed E-state index contributed by atoms with van der Waals surface area (Å²) in [7, 11) is 1.57. The van der Waals surface area contributed by atoms with Crippen LogP contribution < -0.4 is 14.9 Å². The molecule has 0 saturated heterocycles. The SMILES string of the molecule is COc1ccc(OCC(=O)N/N=C/c2cccc(F)c2)cc1. The number of benzene rings is 2. The Balaban J connectivity index is 1.77. The lowest BCUT2D eigenvalue weighted by molar-refractivity contribution is -0.123. The lowest BCUT2D eigenvalue weighted by atomic mass is 10.2. The summed E-state index contributed by atoms with van der Waals surface area (Å²) in [6, 6.07) is 12.7. The lowest BCUT2D eigenvalue weighted by Crippen LogP contribution is -2.24. The largest absolute Gasteiger partial charge is 0.497 e. The van der Waals surface area contributed by atoms with E-state index in [0.29, 0.717) is 17.1 Å². The van der Waals surface area contributed by atoms with E-state index in [2.05, 4.69) is 10.5 Å². The highest BCUT2D eigenvalue weighted by Gasteiger charge is 2.01. The lowest BCUT2D eigenvalue weighted by Gasteiger charge is -2.05. The van der Waals surface area contributed by atoms with E-state index in [1.165, 1.54) is 18.3 Å². The molecule has 0 aliphatic rings. The summed E-state index contributed by atoms with van der Waals surface area (Å²) in [4.78, 5) is 11.5. The van der Waals surface area contributed by atoms with Gasteiger partial charge in [-0.2, -0.15) is 5.10 Å². The number of methoxy groups -OCH3 is 1. The topological polar surface area (TPSA) is 59.9 Å². The third kappa shape index (κ3) is 4.90. The average molecular weight is 302 g/mol. The fraction of sp³-hybridized carbons (Fsp3) is 0.125. The molecule has 1 N–H and O–H groups in total. The molecule has 0 saturated carbocycles. The van der Waals surface area contributed by atoms with E-state index in [-0.39, 0.29) is 12.4 Å². The molecule has 114 valence electrons. The first-order chi connectivity index (χ1) is 10.7. The first-order valence-corrected chi connectivity index (χ1v) is 6.52. The van der Waals surface area contributed by atoms with Crippen LogP contribution in [0.5, 0.6) is 11.5 Å². The molecule has 0 atom stereocenters. The van der Waals surface area contributed by atoms with Gasteiger partial charge in [0.1, 0.15) is 17.3 Å². The van der Waals surface area contributed by atoms with E-state index in [1.807, 2.05) is 0 Å². The number of nitrogens with one attached hydrogen (secondary N) is 1. The molecule has 5 nitrogen and oxygen atoms in total. The molecule has 0 bridgehead atoms. The van der Waals surface area contributed by atoms with Gasteiger partial charge < -0.3 is 9.47 Å². The van der Waals surface area contributed by atoms with Gasteiger partial charge in [-0.1, -0.05) is 12.1 Å². The fourth-order valence-corrected chi connectivity index (χ4v) is 1.62. The molecule has 0 unspecified atom stereocenters. The summed E-state index contributed by atoms with van der Waals surface area (Å²) in [6.45, 7) is -0.174. The molecule has 2 rings (SSSR count). The Morgan fingerprint density at radius 3 is 2.64 bits per heavy atom. The van der Waals surface area contributed by atoms with E-state index in [9.17, 15) is 9.18 Å². The fourth-order valence-electron chi connectivity index (χ4n) is 1.62. The predicted octanol–water partition coefficient (Wildman–Crippen LogP) is 2.36. The molecule has 0 aliphatic carbocycles. The molecule has 0 fully saturated rings. The molecule has 0 spiro atoms. The highest BCUT2D eigenvalue weighted by molar-refractivity contribution is 5.82. The number of halogens is 1. The zero-order chi connectivity index (χ0) is 15.8. The van der Waals surface area contributed by atoms with Crippen LogP contribution in [0.25, 0.3) is 0 Å². The normalized spacial score (nSPS) is 10.5. The van der Waals surface area contributed by atoms with Crippen molar-refractivity contribution < 1.29 is 18.7 Å². The molecule has 2 aromatic carbocycles. The Morgan fingerprint density at radius 2 is 1.95 bits per heavy atom. The average Bonchev–Trinajstić information content (AvgIpc) is 2.53. The second-order valence-corrected chi connectivity index (χ2v) is 4.31. The van der Waals surface area contributed by atoms with Gasteiger partial charge in [-0.3, -0.25) is 4.79 Å². The van der Waals surface area contributed by atoms with Crippen molar-refractivity contribution in [2.24, 2.45) is 5.10 Å². The molecule has 2 aromatic rings. The van der Waals surface area contributed by atoms with Gasteiger partial charge >= 0.3 is 0 Å². The van der Waals surface area contributed by atoms with Crippen molar-refractivity contribution in [3.05, 3.63) is 59.9 Å². The third-order valence-corrected chi connectivity index (χ3v) is 2.68. The number of hydrazone groups is 1. The van der Waals surface area contributed by atoms with E-state index in [0.717, 1.165) is 0 Å². The highest BCUT2D eigenvalue weighted by Crippen LogP contribution is 2.16. The minimum Gasteiger partial charge on any atom is -0.497 e. The molecule has 22 heavy (non-hydrogen) atoms. The number of ether oxygens (including phenoxy) is 2. The van der Waals surface area contributed by atoms with Crippen molar-refractivity contribution in [1.29, 1.82) is 0 Å². The van der Waals surface area contributed by atoms with E-state index in [1.54, 1.807) is 43.5 Å². The summed E-state index contributed by atoms with van der Waals surface area (Å²) in [6.07, 6.45) is 1.36. The van der Waals surface area contributed by atoms with Gasteiger partial charge in [-0.25, -0.2) is 9.82 Å². The highest BCUT2D eigenvalue weighted by atomic mass is 19.1. The number of carbonyl (C=O) groups excluding carboxylic acids is 1. The Hall–Kier alpha value is -2.89. The molecule has 0 heterocycles. The van der Waals surface area contributed by atoms with Gasteiger partial charge in [-0.05, 0) is 42.0 Å². The zero-order valence-electron chi connectivity index (χ0n) is 12.0. The monoisotopic (exact) mass is 302 g/mol. The maximum atomic E-state index is 12.9. The molecule has 0 aliphatic heterocycles. The summed E-state index contributed by atoms with van der Waals surface area (Å²) in [5.74, 6) is 0.475. The van der Waals surface area contributed by atoms with Crippen LogP contribution in [-0.2, 0) is 4.79 Å². The smallest absolute Gasteiger partial charge is 0.277 e. The van der Waals surface area contributed by atoms with Crippen LogP contribution in [0.3, 0.4) is 0 Å². The molecule has 0 aromatic heterocycles. The quantitative estimate of drug-likeness (QED) is 0.658. The zero-order valence-corrected chi connectivity index (χ0v) is 12.0. The van der Waals surface area contributed by atoms with Crippen LogP contribution in [0.15, 0.2) is 53.6 Å². The van der Waals surface area contributed by atoms with Crippen LogP contribution in [0.4, 0.5) is 4.39 Å². The van der Waals surface area contributed by atoms with Crippen molar-refractivity contribution in [2.75, 3.05) is 13.7 Å². The molecular weight excluding hydrogens is 287 g/mol. The van der Waals surface area contributed by atoms with Crippen LogP contribution in [0.1, 0.15) is 5.56 Å². The number of nitrogens with zero attached hydrogens (tertiary/aromatic N) is 1. The minimum atomic E-state index is -0.413. The second-order valence-electron chi connectivity index (χ2n) is 4.31. The van der Waals surface area contributed by atoms with Gasteiger partial charge in [0.2, 0.25) is 0 Å². The van der Waals surface area contributed by atoms with Crippen LogP contribution >= 0.6 is 0 Å². The first kappa shape index (κ1) is 15.5. The van der Waals surface area contributed by atoms with E-state index >= 15 is 0 Å². The standard InChI is InChI=1S/C16H15FN2O3/c1-21-14-5-7-15(8-6-14)22-11-16(20)19-18-10-12-3-2-4-13(17)9-12/h2-10H,11H2,1H3,(H,19,20)/b18-10+. The minimum absolute atomic E-state index is 0.174.